The number of nitrogens with zero attached hydrogens (tertiary/aromatic N) is 4. The smallest absolute Gasteiger partial charge is 0.0918 e. The van der Waals surface area contributed by atoms with E-state index >= 15 is 0 Å². The summed E-state index contributed by atoms with van der Waals surface area (Å²) in [5.74, 6) is 0. The van der Waals surface area contributed by atoms with Crippen molar-refractivity contribution in [2.45, 2.75) is 26.6 Å². The quantitative estimate of drug-likeness (QED) is 0.772. The normalized spacial score (nSPS) is 11.3. The topological polar surface area (TPSA) is 61.7 Å². The number of para-hydroxylation sites is 1. The van der Waals surface area contributed by atoms with E-state index in [9.17, 15) is 0 Å². The maximum atomic E-state index is 5.58. The van der Waals surface area contributed by atoms with Crippen LogP contribution in [0.4, 0.5) is 0 Å². The number of aromatic nitrogens is 4. The van der Waals surface area contributed by atoms with E-state index < -0.39 is 0 Å². The zero-order valence-corrected chi connectivity index (χ0v) is 11.0. The van der Waals surface area contributed by atoms with Crippen LogP contribution in [0.2, 0.25) is 0 Å². The van der Waals surface area contributed by atoms with E-state index in [0.717, 1.165) is 17.9 Å². The second kappa shape index (κ2) is 4.85. The fourth-order valence-corrected chi connectivity index (χ4v) is 2.31. The fourth-order valence-electron chi connectivity index (χ4n) is 2.31. The number of nitrogens with two attached hydrogens (primary N) is 1. The first-order chi connectivity index (χ1) is 9.31. The summed E-state index contributed by atoms with van der Waals surface area (Å²) < 4.78 is 3.91. The van der Waals surface area contributed by atoms with Gasteiger partial charge in [-0.3, -0.25) is 9.36 Å². The molecular formula is C14H17N5. The highest BCUT2D eigenvalue weighted by atomic mass is 15.3. The van der Waals surface area contributed by atoms with Crippen LogP contribution in [0.5, 0.6) is 0 Å². The average Bonchev–Trinajstić information content (AvgIpc) is 3.04. The van der Waals surface area contributed by atoms with Gasteiger partial charge in [0.05, 0.1) is 23.4 Å². The average molecular weight is 255 g/mol. The summed E-state index contributed by atoms with van der Waals surface area (Å²) in [4.78, 5) is 0. The third kappa shape index (κ3) is 2.13. The van der Waals surface area contributed by atoms with Crippen molar-refractivity contribution in [1.82, 2.24) is 19.6 Å². The van der Waals surface area contributed by atoms with Crippen LogP contribution in [0.25, 0.3) is 10.9 Å². The van der Waals surface area contributed by atoms with Crippen LogP contribution in [0.1, 0.15) is 18.3 Å². The maximum absolute atomic E-state index is 5.58. The van der Waals surface area contributed by atoms with Gasteiger partial charge >= 0.3 is 0 Å². The molecule has 0 bridgehead atoms. The third-order valence-corrected chi connectivity index (χ3v) is 3.25. The van der Waals surface area contributed by atoms with Gasteiger partial charge in [-0.05, 0) is 19.1 Å². The van der Waals surface area contributed by atoms with Gasteiger partial charge < -0.3 is 5.73 Å². The number of fused-ring (bicyclic) bond motifs is 1. The van der Waals surface area contributed by atoms with Crippen molar-refractivity contribution >= 4 is 10.9 Å². The summed E-state index contributed by atoms with van der Waals surface area (Å²) in [6, 6.07) is 10.2. The monoisotopic (exact) mass is 255 g/mol. The van der Waals surface area contributed by atoms with Crippen LogP contribution in [0.3, 0.4) is 0 Å². The number of hydrogen-bond acceptors (Lipinski definition) is 3. The van der Waals surface area contributed by atoms with Gasteiger partial charge in [-0.1, -0.05) is 18.2 Å². The molecule has 3 aromatic rings. The van der Waals surface area contributed by atoms with Crippen molar-refractivity contribution in [3.8, 4) is 0 Å². The summed E-state index contributed by atoms with van der Waals surface area (Å²) in [6.45, 7) is 4.11. The van der Waals surface area contributed by atoms with E-state index in [4.69, 9.17) is 5.73 Å². The van der Waals surface area contributed by atoms with Crippen molar-refractivity contribution in [3.05, 3.63) is 47.9 Å². The Morgan fingerprint density at radius 1 is 1.16 bits per heavy atom. The van der Waals surface area contributed by atoms with Gasteiger partial charge in [0.15, 0.2) is 0 Å². The molecule has 0 radical (unpaired) electrons. The third-order valence-electron chi connectivity index (χ3n) is 3.25. The van der Waals surface area contributed by atoms with Gasteiger partial charge in [-0.2, -0.15) is 10.2 Å². The van der Waals surface area contributed by atoms with Crippen molar-refractivity contribution in [1.29, 1.82) is 0 Å². The first kappa shape index (κ1) is 11.9. The van der Waals surface area contributed by atoms with Crippen molar-refractivity contribution in [3.63, 3.8) is 0 Å². The van der Waals surface area contributed by atoms with Crippen LogP contribution in [0.15, 0.2) is 36.5 Å². The van der Waals surface area contributed by atoms with Crippen LogP contribution in [-0.2, 0) is 19.6 Å². The predicted molar refractivity (Wildman–Crippen MR) is 74.6 cm³/mol. The van der Waals surface area contributed by atoms with Gasteiger partial charge in [0.25, 0.3) is 0 Å². The molecule has 1 aromatic carbocycles. The molecule has 0 atom stereocenters. The minimum atomic E-state index is 0.469. The Morgan fingerprint density at radius 2 is 2.00 bits per heavy atom. The van der Waals surface area contributed by atoms with Gasteiger partial charge in [0.2, 0.25) is 0 Å². The first-order valence-corrected chi connectivity index (χ1v) is 6.48. The molecule has 0 saturated heterocycles. The lowest BCUT2D eigenvalue weighted by molar-refractivity contribution is 0.622. The molecule has 0 aliphatic carbocycles. The second-order valence-electron chi connectivity index (χ2n) is 4.49. The fraction of sp³-hybridized carbons (Fsp3) is 0.286. The van der Waals surface area contributed by atoms with E-state index in [-0.39, 0.29) is 0 Å². The van der Waals surface area contributed by atoms with Gasteiger partial charge in [0.1, 0.15) is 0 Å². The molecule has 0 aliphatic heterocycles. The molecule has 0 spiro atoms. The van der Waals surface area contributed by atoms with Gasteiger partial charge in [0, 0.05) is 24.7 Å². The molecular weight excluding hydrogens is 238 g/mol. The summed E-state index contributed by atoms with van der Waals surface area (Å²) in [6.07, 6.45) is 1.95. The minimum absolute atomic E-state index is 0.469. The molecule has 5 heteroatoms. The molecule has 2 N–H and O–H groups in total. The molecule has 0 amide bonds. The van der Waals surface area contributed by atoms with Crippen molar-refractivity contribution in [2.24, 2.45) is 5.73 Å². The van der Waals surface area contributed by atoms with E-state index in [0.29, 0.717) is 13.1 Å². The molecule has 0 fully saturated rings. The highest BCUT2D eigenvalue weighted by molar-refractivity contribution is 5.81. The van der Waals surface area contributed by atoms with Crippen LogP contribution >= 0.6 is 0 Å². The SMILES string of the molecule is CCn1nc(Cn2ccc(CN)n2)c2ccccc21. The summed E-state index contributed by atoms with van der Waals surface area (Å²) in [5.41, 5.74) is 8.70. The molecule has 0 unspecified atom stereocenters. The Kier molecular flexibility index (Phi) is 3.05. The molecule has 19 heavy (non-hydrogen) atoms. The molecule has 2 heterocycles. The summed E-state index contributed by atoms with van der Waals surface area (Å²) >= 11 is 0. The molecule has 3 rings (SSSR count). The zero-order chi connectivity index (χ0) is 13.2. The van der Waals surface area contributed by atoms with Gasteiger partial charge in [-0.25, -0.2) is 0 Å². The first-order valence-electron chi connectivity index (χ1n) is 6.48. The van der Waals surface area contributed by atoms with Crippen LogP contribution in [-0.4, -0.2) is 19.6 Å². The van der Waals surface area contributed by atoms with Crippen molar-refractivity contribution < 1.29 is 0 Å². The van der Waals surface area contributed by atoms with Gasteiger partial charge in [-0.15, -0.1) is 0 Å². The van der Waals surface area contributed by atoms with E-state index in [1.165, 1.54) is 10.9 Å². The molecule has 0 saturated carbocycles. The Morgan fingerprint density at radius 3 is 2.74 bits per heavy atom. The lowest BCUT2D eigenvalue weighted by Gasteiger charge is -1.98. The number of benzene rings is 1. The van der Waals surface area contributed by atoms with E-state index in [2.05, 4.69) is 29.3 Å². The zero-order valence-electron chi connectivity index (χ0n) is 11.0. The van der Waals surface area contributed by atoms with E-state index in [1.54, 1.807) is 0 Å². The molecule has 2 aromatic heterocycles. The lowest BCUT2D eigenvalue weighted by Crippen LogP contribution is -2.05. The highest BCUT2D eigenvalue weighted by Crippen LogP contribution is 2.19. The molecule has 98 valence electrons. The summed E-state index contributed by atoms with van der Waals surface area (Å²) in [5, 5.41) is 10.3. The predicted octanol–water partition coefficient (Wildman–Crippen LogP) is 1.76. The lowest BCUT2D eigenvalue weighted by atomic mass is 10.2. The summed E-state index contributed by atoms with van der Waals surface area (Å²) in [7, 11) is 0. The maximum Gasteiger partial charge on any atom is 0.0918 e. The number of aryl methyl sites for hydroxylation is 1. The Labute approximate surface area is 111 Å². The number of rotatable bonds is 4. The Bertz CT molecular complexity index is 695. The largest absolute Gasteiger partial charge is 0.325 e. The van der Waals surface area contributed by atoms with Crippen LogP contribution in [0, 0.1) is 0 Å². The molecule has 5 nitrogen and oxygen atoms in total. The standard InChI is InChI=1S/C14H17N5/c1-2-19-14-6-4-3-5-12(14)13(17-19)10-18-8-7-11(9-15)16-18/h3-8H,2,9-10,15H2,1H3. The molecule has 0 aliphatic rings. The number of hydrogen-bond donors (Lipinski definition) is 1. The second-order valence-corrected chi connectivity index (χ2v) is 4.49. The Balaban J connectivity index is 2.00. The highest BCUT2D eigenvalue weighted by Gasteiger charge is 2.09. The van der Waals surface area contributed by atoms with Crippen LogP contribution < -0.4 is 5.73 Å². The Hall–Kier alpha value is -2.14. The van der Waals surface area contributed by atoms with Crippen molar-refractivity contribution in [2.75, 3.05) is 0 Å². The minimum Gasteiger partial charge on any atom is -0.325 e. The van der Waals surface area contributed by atoms with E-state index in [1.807, 2.05) is 33.8 Å².